The molecule has 0 saturated carbocycles. The monoisotopic (exact) mass is 369 g/mol. The van der Waals surface area contributed by atoms with Gasteiger partial charge in [0.05, 0.1) is 19.3 Å². The van der Waals surface area contributed by atoms with E-state index in [4.69, 9.17) is 4.74 Å². The van der Waals surface area contributed by atoms with Gasteiger partial charge in [-0.05, 0) is 43.2 Å². The number of methoxy groups -OCH3 is 1. The van der Waals surface area contributed by atoms with E-state index in [1.165, 1.54) is 12.1 Å². The van der Waals surface area contributed by atoms with Crippen molar-refractivity contribution < 1.29 is 9.13 Å². The molecule has 0 saturated heterocycles. The second-order valence-corrected chi connectivity index (χ2v) is 6.05. The predicted molar refractivity (Wildman–Crippen MR) is 106 cm³/mol. The van der Waals surface area contributed by atoms with Gasteiger partial charge in [0, 0.05) is 36.3 Å². The van der Waals surface area contributed by atoms with Gasteiger partial charge in [-0.2, -0.15) is 0 Å². The summed E-state index contributed by atoms with van der Waals surface area (Å²) in [4.78, 5) is 12.1. The fourth-order valence-corrected chi connectivity index (χ4v) is 2.84. The van der Waals surface area contributed by atoms with Gasteiger partial charge in [-0.25, -0.2) is 14.4 Å². The van der Waals surface area contributed by atoms with Crippen LogP contribution >= 0.6 is 0 Å². The smallest absolute Gasteiger partial charge is 0.213 e. The molecule has 2 heterocycles. The van der Waals surface area contributed by atoms with Crippen molar-refractivity contribution in [3.8, 4) is 5.88 Å². The zero-order valence-corrected chi connectivity index (χ0v) is 15.6. The van der Waals surface area contributed by atoms with Crippen molar-refractivity contribution in [2.75, 3.05) is 20.2 Å². The van der Waals surface area contributed by atoms with Gasteiger partial charge < -0.3 is 20.4 Å². The van der Waals surface area contributed by atoms with Gasteiger partial charge in [0.1, 0.15) is 5.82 Å². The van der Waals surface area contributed by atoms with Crippen LogP contribution in [0.2, 0.25) is 0 Å². The zero-order chi connectivity index (χ0) is 19.1. The first-order valence-corrected chi connectivity index (χ1v) is 8.97. The van der Waals surface area contributed by atoms with Crippen molar-refractivity contribution >= 4 is 16.9 Å². The molecule has 6 nitrogen and oxygen atoms in total. The summed E-state index contributed by atoms with van der Waals surface area (Å²) in [6, 6.07) is 10.4. The number of aliphatic imine (C=N–C) groups is 1. The molecule has 27 heavy (non-hydrogen) atoms. The molecule has 0 spiro atoms. The van der Waals surface area contributed by atoms with E-state index in [1.54, 1.807) is 7.11 Å². The summed E-state index contributed by atoms with van der Waals surface area (Å²) in [6.45, 7) is 3.96. The molecule has 0 aliphatic heterocycles. The first-order valence-electron chi connectivity index (χ1n) is 8.97. The predicted octanol–water partition coefficient (Wildman–Crippen LogP) is 3.01. The summed E-state index contributed by atoms with van der Waals surface area (Å²) in [6.07, 6.45) is 2.73. The van der Waals surface area contributed by atoms with Crippen molar-refractivity contribution in [3.63, 3.8) is 0 Å². The third-order valence-corrected chi connectivity index (χ3v) is 4.15. The maximum absolute atomic E-state index is 13.3. The molecule has 0 amide bonds. The normalized spacial score (nSPS) is 11.6. The molecule has 0 fully saturated rings. The van der Waals surface area contributed by atoms with Crippen LogP contribution in [0.1, 0.15) is 18.2 Å². The molecule has 0 radical (unpaired) electrons. The number of aromatic amines is 1. The molecule has 0 aliphatic carbocycles. The highest BCUT2D eigenvalue weighted by Crippen LogP contribution is 2.19. The Morgan fingerprint density at radius 2 is 2.15 bits per heavy atom. The second-order valence-electron chi connectivity index (χ2n) is 6.05. The summed E-state index contributed by atoms with van der Waals surface area (Å²) in [7, 11) is 1.60. The maximum Gasteiger partial charge on any atom is 0.213 e. The summed E-state index contributed by atoms with van der Waals surface area (Å²) < 4.78 is 18.4. The Morgan fingerprint density at radius 3 is 2.96 bits per heavy atom. The first-order chi connectivity index (χ1) is 13.2. The Bertz CT molecular complexity index is 922. The van der Waals surface area contributed by atoms with Gasteiger partial charge in [0.15, 0.2) is 5.96 Å². The Labute approximate surface area is 157 Å². The number of hydrogen-bond acceptors (Lipinski definition) is 3. The lowest BCUT2D eigenvalue weighted by atomic mass is 10.1. The van der Waals surface area contributed by atoms with Crippen molar-refractivity contribution in [2.45, 2.75) is 19.9 Å². The summed E-state index contributed by atoms with van der Waals surface area (Å²) in [5.74, 6) is 1.08. The van der Waals surface area contributed by atoms with E-state index in [9.17, 15) is 4.39 Å². The molecule has 0 unspecified atom stereocenters. The minimum atomic E-state index is -0.234. The number of hydrogen-bond donors (Lipinski definition) is 3. The number of pyridine rings is 1. The Balaban J connectivity index is 1.60. The average Bonchev–Trinajstić information content (AvgIpc) is 3.08. The molecule has 0 aliphatic rings. The molecule has 3 N–H and O–H groups in total. The number of rotatable bonds is 7. The van der Waals surface area contributed by atoms with E-state index >= 15 is 0 Å². The van der Waals surface area contributed by atoms with E-state index in [-0.39, 0.29) is 5.82 Å². The third kappa shape index (κ3) is 4.97. The number of aromatic nitrogens is 2. The van der Waals surface area contributed by atoms with Gasteiger partial charge in [0.2, 0.25) is 5.88 Å². The molecule has 142 valence electrons. The second kappa shape index (κ2) is 9.02. The quantitative estimate of drug-likeness (QED) is 0.442. The number of benzene rings is 1. The van der Waals surface area contributed by atoms with Crippen molar-refractivity contribution in [1.82, 2.24) is 20.6 Å². The number of nitrogens with zero attached hydrogens (tertiary/aromatic N) is 2. The number of ether oxygens (including phenoxy) is 1. The van der Waals surface area contributed by atoms with Gasteiger partial charge in [-0.1, -0.05) is 6.07 Å². The molecular weight excluding hydrogens is 345 g/mol. The number of nitrogens with one attached hydrogen (secondary N) is 3. The Morgan fingerprint density at radius 1 is 1.26 bits per heavy atom. The minimum Gasteiger partial charge on any atom is -0.481 e. The van der Waals surface area contributed by atoms with Gasteiger partial charge in [-0.15, -0.1) is 0 Å². The van der Waals surface area contributed by atoms with Gasteiger partial charge >= 0.3 is 0 Å². The lowest BCUT2D eigenvalue weighted by Gasteiger charge is -2.11. The van der Waals surface area contributed by atoms with E-state index in [0.717, 1.165) is 41.1 Å². The summed E-state index contributed by atoms with van der Waals surface area (Å²) in [5.41, 5.74) is 2.79. The van der Waals surface area contributed by atoms with Crippen LogP contribution in [0.15, 0.2) is 47.6 Å². The molecule has 1 aromatic carbocycles. The molecular formula is C20H24FN5O. The lowest BCUT2D eigenvalue weighted by molar-refractivity contribution is 0.396. The Kier molecular flexibility index (Phi) is 6.25. The molecule has 0 atom stereocenters. The zero-order valence-electron chi connectivity index (χ0n) is 15.6. The average molecular weight is 369 g/mol. The van der Waals surface area contributed by atoms with Crippen LogP contribution in [0.25, 0.3) is 10.9 Å². The van der Waals surface area contributed by atoms with Gasteiger partial charge in [-0.3, -0.25) is 0 Å². The maximum atomic E-state index is 13.3. The van der Waals surface area contributed by atoms with Crippen LogP contribution in [0, 0.1) is 5.82 Å². The SMILES string of the molecule is CCNC(=NCc1cccc(OC)n1)NCCc1c[nH]c2cc(F)ccc12. The number of fused-ring (bicyclic) bond motifs is 1. The van der Waals surface area contributed by atoms with Gasteiger partial charge in [0.25, 0.3) is 0 Å². The van der Waals surface area contributed by atoms with Crippen LogP contribution in [0.5, 0.6) is 5.88 Å². The molecule has 7 heteroatoms. The van der Waals surface area contributed by atoms with E-state index < -0.39 is 0 Å². The van der Waals surface area contributed by atoms with Crippen LogP contribution in [0.4, 0.5) is 4.39 Å². The van der Waals surface area contributed by atoms with Crippen molar-refractivity contribution in [3.05, 3.63) is 59.7 Å². The van der Waals surface area contributed by atoms with Crippen LogP contribution < -0.4 is 15.4 Å². The number of halogens is 1. The molecule has 3 rings (SSSR count). The lowest BCUT2D eigenvalue weighted by Crippen LogP contribution is -2.38. The Hall–Kier alpha value is -3.09. The standard InChI is InChI=1S/C20H24FN5O/c1-3-22-20(25-13-16-5-4-6-19(26-16)27-2)23-10-9-14-12-24-18-11-15(21)7-8-17(14)18/h4-8,11-12,24H,3,9-10,13H2,1-2H3,(H2,22,23,25). The largest absolute Gasteiger partial charge is 0.481 e. The highest BCUT2D eigenvalue weighted by molar-refractivity contribution is 5.83. The van der Waals surface area contributed by atoms with Crippen molar-refractivity contribution in [1.29, 1.82) is 0 Å². The molecule has 0 bridgehead atoms. The molecule has 2 aromatic heterocycles. The third-order valence-electron chi connectivity index (χ3n) is 4.15. The fraction of sp³-hybridized carbons (Fsp3) is 0.300. The topological polar surface area (TPSA) is 74.3 Å². The van der Waals surface area contributed by atoms with Crippen LogP contribution in [-0.2, 0) is 13.0 Å². The number of H-pyrrole nitrogens is 1. The minimum absolute atomic E-state index is 0.234. The summed E-state index contributed by atoms with van der Waals surface area (Å²) >= 11 is 0. The van der Waals surface area contributed by atoms with E-state index in [2.05, 4.69) is 25.6 Å². The van der Waals surface area contributed by atoms with E-state index in [1.807, 2.05) is 37.4 Å². The first kappa shape index (κ1) is 18.7. The number of guanidine groups is 1. The highest BCUT2D eigenvalue weighted by atomic mass is 19.1. The van der Waals surface area contributed by atoms with Crippen LogP contribution in [-0.4, -0.2) is 36.1 Å². The fourth-order valence-electron chi connectivity index (χ4n) is 2.84. The van der Waals surface area contributed by atoms with E-state index in [0.29, 0.717) is 19.0 Å². The van der Waals surface area contributed by atoms with Crippen LogP contribution in [0.3, 0.4) is 0 Å². The highest BCUT2D eigenvalue weighted by Gasteiger charge is 2.05. The van der Waals surface area contributed by atoms with Crippen molar-refractivity contribution in [2.24, 2.45) is 4.99 Å². The molecule has 3 aromatic rings. The summed E-state index contributed by atoms with van der Waals surface area (Å²) in [5, 5.41) is 7.60.